The quantitative estimate of drug-likeness (QED) is 0.467. The van der Waals surface area contributed by atoms with Crippen molar-refractivity contribution in [3.63, 3.8) is 0 Å². The Kier molecular flexibility index (Phi) is 8.28. The van der Waals surface area contributed by atoms with E-state index in [9.17, 15) is 4.79 Å². The molecule has 9 heteroatoms. The highest BCUT2D eigenvalue weighted by molar-refractivity contribution is 6.30. The second-order valence-corrected chi connectivity index (χ2v) is 9.81. The minimum atomic E-state index is -0.0314. The van der Waals surface area contributed by atoms with Crippen LogP contribution in [0, 0.1) is 11.8 Å². The summed E-state index contributed by atoms with van der Waals surface area (Å²) in [4.78, 5) is 28.0. The zero-order valence-electron chi connectivity index (χ0n) is 20.9. The Morgan fingerprint density at radius 2 is 1.75 bits per heavy atom. The van der Waals surface area contributed by atoms with Gasteiger partial charge in [0.2, 0.25) is 0 Å². The van der Waals surface area contributed by atoms with Crippen LogP contribution >= 0.6 is 11.6 Å². The Labute approximate surface area is 217 Å². The number of halogens is 1. The molecule has 2 fully saturated rings. The Balaban J connectivity index is 0.000000967. The Morgan fingerprint density at radius 3 is 2.36 bits per heavy atom. The van der Waals surface area contributed by atoms with Gasteiger partial charge in [0.15, 0.2) is 0 Å². The molecule has 3 heterocycles. The normalized spacial score (nSPS) is 18.8. The summed E-state index contributed by atoms with van der Waals surface area (Å²) in [7, 11) is 3.89. The zero-order valence-corrected chi connectivity index (χ0v) is 21.6. The van der Waals surface area contributed by atoms with Crippen molar-refractivity contribution in [2.75, 3.05) is 45.2 Å². The highest BCUT2D eigenvalue weighted by atomic mass is 35.5. The van der Waals surface area contributed by atoms with Crippen LogP contribution in [0.15, 0.2) is 60.9 Å². The molecule has 1 aromatic heterocycles. The van der Waals surface area contributed by atoms with E-state index in [0.717, 1.165) is 56.2 Å². The average Bonchev–Trinajstić information content (AvgIpc) is 3.56. The van der Waals surface area contributed by atoms with Gasteiger partial charge in [-0.25, -0.2) is 4.79 Å². The minimum absolute atomic E-state index is 0.0314. The lowest BCUT2D eigenvalue weighted by molar-refractivity contribution is -0.106. The van der Waals surface area contributed by atoms with Crippen molar-refractivity contribution in [1.29, 1.82) is 0 Å². The van der Waals surface area contributed by atoms with Gasteiger partial charge < -0.3 is 19.3 Å². The van der Waals surface area contributed by atoms with Gasteiger partial charge in [0.25, 0.3) is 0 Å². The Morgan fingerprint density at radius 1 is 1.08 bits per heavy atom. The molecule has 2 unspecified atom stereocenters. The molecule has 0 aliphatic carbocycles. The smallest absolute Gasteiger partial charge is 0.344 e. The topological polar surface area (TPSA) is 70.9 Å². The number of likely N-dealkylation sites (tertiary alicyclic amines) is 2. The van der Waals surface area contributed by atoms with Crippen LogP contribution in [0.2, 0.25) is 5.02 Å². The van der Waals surface area contributed by atoms with Crippen LogP contribution in [0.25, 0.3) is 0 Å². The first-order chi connectivity index (χ1) is 17.4. The van der Waals surface area contributed by atoms with Crippen LogP contribution in [0.3, 0.4) is 0 Å². The van der Waals surface area contributed by atoms with Crippen molar-refractivity contribution in [2.24, 2.45) is 11.8 Å². The van der Waals surface area contributed by atoms with Crippen molar-refractivity contribution < 1.29 is 14.3 Å². The number of ether oxygens (including phenoxy) is 1. The molecular formula is C27H32ClN5O3. The van der Waals surface area contributed by atoms with Gasteiger partial charge in [-0.2, -0.15) is 9.78 Å². The molecule has 0 radical (unpaired) electrons. The first kappa shape index (κ1) is 25.7. The highest BCUT2D eigenvalue weighted by Crippen LogP contribution is 2.33. The monoisotopic (exact) mass is 509 g/mol. The van der Waals surface area contributed by atoms with Crippen LogP contribution in [-0.2, 0) is 11.3 Å². The van der Waals surface area contributed by atoms with E-state index in [1.54, 1.807) is 12.4 Å². The van der Waals surface area contributed by atoms with Gasteiger partial charge in [0.05, 0.1) is 18.1 Å². The van der Waals surface area contributed by atoms with E-state index in [1.165, 1.54) is 17.2 Å². The minimum Gasteiger partial charge on any atom is -0.457 e. The fraction of sp³-hybridized carbons (Fsp3) is 0.370. The van der Waals surface area contributed by atoms with Gasteiger partial charge in [-0.05, 0) is 60.7 Å². The molecule has 3 aromatic rings. The van der Waals surface area contributed by atoms with E-state index in [1.807, 2.05) is 60.3 Å². The molecule has 2 saturated heterocycles. The number of anilines is 1. The maximum absolute atomic E-state index is 12.9. The van der Waals surface area contributed by atoms with Crippen molar-refractivity contribution in [3.8, 4) is 11.5 Å². The number of hydrogen-bond donors (Lipinski definition) is 0. The molecule has 2 atom stereocenters. The molecule has 8 nitrogen and oxygen atoms in total. The first-order valence-electron chi connectivity index (χ1n) is 12.0. The van der Waals surface area contributed by atoms with E-state index >= 15 is 0 Å². The maximum atomic E-state index is 12.9. The molecule has 190 valence electrons. The fourth-order valence-electron chi connectivity index (χ4n) is 4.77. The fourth-order valence-corrected chi connectivity index (χ4v) is 4.90. The second kappa shape index (κ2) is 11.6. The first-order valence-corrected chi connectivity index (χ1v) is 12.4. The molecular weight excluding hydrogens is 478 g/mol. The summed E-state index contributed by atoms with van der Waals surface area (Å²) in [6.45, 7) is 5.90. The lowest BCUT2D eigenvalue weighted by Crippen LogP contribution is -2.36. The molecule has 36 heavy (non-hydrogen) atoms. The molecule has 2 aliphatic heterocycles. The summed E-state index contributed by atoms with van der Waals surface area (Å²) in [5.74, 6) is 2.60. The number of carbonyl (C=O) groups excluding carboxylic acids is 2. The molecule has 5 rings (SSSR count). The van der Waals surface area contributed by atoms with Crippen molar-refractivity contribution in [1.82, 2.24) is 19.6 Å². The summed E-state index contributed by atoms with van der Waals surface area (Å²) in [5.41, 5.74) is 2.15. The predicted molar refractivity (Wildman–Crippen MR) is 141 cm³/mol. The van der Waals surface area contributed by atoms with E-state index in [0.29, 0.717) is 16.9 Å². The van der Waals surface area contributed by atoms with Crippen molar-refractivity contribution >= 4 is 29.6 Å². The summed E-state index contributed by atoms with van der Waals surface area (Å²) in [6.07, 6.45) is 4.27. The van der Waals surface area contributed by atoms with E-state index < -0.39 is 0 Å². The number of aldehydes is 1. The van der Waals surface area contributed by atoms with Gasteiger partial charge in [0.1, 0.15) is 17.8 Å². The van der Waals surface area contributed by atoms with Crippen LogP contribution in [0.5, 0.6) is 11.5 Å². The van der Waals surface area contributed by atoms with Crippen LogP contribution in [0.1, 0.15) is 12.5 Å². The predicted octanol–water partition coefficient (Wildman–Crippen LogP) is 4.63. The number of nitrogens with zero attached hydrogens (tertiary/aromatic N) is 5. The molecule has 0 spiro atoms. The zero-order chi connectivity index (χ0) is 25.7. The maximum Gasteiger partial charge on any atom is 0.344 e. The highest BCUT2D eigenvalue weighted by Gasteiger charge is 2.41. The molecule has 1 amide bonds. The summed E-state index contributed by atoms with van der Waals surface area (Å²) in [6, 6.07) is 15.6. The largest absolute Gasteiger partial charge is 0.457 e. The van der Waals surface area contributed by atoms with Crippen molar-refractivity contribution in [3.05, 3.63) is 71.5 Å². The molecule has 0 N–H and O–H groups in total. The van der Waals surface area contributed by atoms with Gasteiger partial charge in [-0.3, -0.25) is 4.90 Å². The number of hydrogen-bond acceptors (Lipinski definition) is 6. The van der Waals surface area contributed by atoms with Crippen LogP contribution < -0.4 is 9.64 Å². The van der Waals surface area contributed by atoms with Gasteiger partial charge >= 0.3 is 6.03 Å². The number of aromatic nitrogens is 2. The third kappa shape index (κ3) is 6.25. The lowest BCUT2D eigenvalue weighted by atomic mass is 10.0. The molecule has 2 aromatic carbocycles. The Bertz CT molecular complexity index is 1170. The van der Waals surface area contributed by atoms with Crippen molar-refractivity contribution in [2.45, 2.75) is 13.5 Å². The van der Waals surface area contributed by atoms with Gasteiger partial charge in [0, 0.05) is 51.8 Å². The number of fused-ring (bicyclic) bond motifs is 1. The third-order valence-corrected chi connectivity index (χ3v) is 6.72. The third-order valence-electron chi connectivity index (χ3n) is 6.47. The second-order valence-electron chi connectivity index (χ2n) is 9.38. The van der Waals surface area contributed by atoms with E-state index in [2.05, 4.69) is 22.1 Å². The van der Waals surface area contributed by atoms with Crippen LogP contribution in [0.4, 0.5) is 10.5 Å². The average molecular weight is 510 g/mol. The van der Waals surface area contributed by atoms with Gasteiger partial charge in [-0.1, -0.05) is 23.7 Å². The molecule has 2 aliphatic rings. The SMILES string of the molecule is CC=O.CN(C)c1cnn(C(=O)N2CC3CN(Cc4cccc(Oc5ccc(Cl)cc5)c4)CC3C2)c1. The number of rotatable bonds is 5. The molecule has 0 saturated carbocycles. The van der Waals surface area contributed by atoms with E-state index in [-0.39, 0.29) is 6.03 Å². The number of carbonyl (C=O) groups is 2. The van der Waals surface area contributed by atoms with Gasteiger partial charge in [-0.15, -0.1) is 0 Å². The standard InChI is InChI=1S/C25H28ClN5O2.C2H4O/c1-28(2)22-11-27-31(17-22)25(32)30-15-19-13-29(14-20(19)16-30)12-18-4-3-5-24(10-18)33-23-8-6-21(26)7-9-23;1-2-3/h3-11,17,19-20H,12-16H2,1-2H3;2H,1H3. The Hall–Kier alpha value is -3.36. The number of amides is 1. The lowest BCUT2D eigenvalue weighted by Gasteiger charge is -2.21. The number of benzene rings is 2. The molecule has 0 bridgehead atoms. The summed E-state index contributed by atoms with van der Waals surface area (Å²) in [5, 5.41) is 4.94. The summed E-state index contributed by atoms with van der Waals surface area (Å²) >= 11 is 5.96. The van der Waals surface area contributed by atoms with E-state index in [4.69, 9.17) is 21.1 Å². The summed E-state index contributed by atoms with van der Waals surface area (Å²) < 4.78 is 7.44. The van der Waals surface area contributed by atoms with Crippen LogP contribution in [-0.4, -0.2) is 72.2 Å².